The average molecular weight is 247 g/mol. The van der Waals surface area contributed by atoms with E-state index in [-0.39, 0.29) is 11.9 Å². The van der Waals surface area contributed by atoms with Gasteiger partial charge in [-0.2, -0.15) is 0 Å². The number of benzene rings is 1. The summed E-state index contributed by atoms with van der Waals surface area (Å²) < 4.78 is 0. The summed E-state index contributed by atoms with van der Waals surface area (Å²) in [5.74, 6) is 0.102. The molecule has 1 aromatic carbocycles. The maximum Gasteiger partial charge on any atom is 0.252 e. The molecule has 0 saturated heterocycles. The van der Waals surface area contributed by atoms with Gasteiger partial charge in [0, 0.05) is 12.6 Å². The van der Waals surface area contributed by atoms with Crippen LogP contribution in [0, 0.1) is 0 Å². The molecule has 3 N–H and O–H groups in total. The first-order valence-electron chi connectivity index (χ1n) is 6.31. The molecular weight excluding hydrogens is 226 g/mol. The molecule has 1 heterocycles. The number of hydrogen-bond donors (Lipinski definition) is 2. The molecule has 0 bridgehead atoms. The van der Waals surface area contributed by atoms with E-state index in [4.69, 9.17) is 5.73 Å². The molecule has 18 heavy (non-hydrogen) atoms. The molecule has 98 valence electrons. The van der Waals surface area contributed by atoms with Crippen LogP contribution in [0.4, 0.5) is 11.4 Å². The summed E-state index contributed by atoms with van der Waals surface area (Å²) >= 11 is 0. The normalized spacial score (nSPS) is 17.7. The van der Waals surface area contributed by atoms with E-state index in [1.807, 2.05) is 50.8 Å². The maximum absolute atomic E-state index is 12.4. The van der Waals surface area contributed by atoms with Gasteiger partial charge in [-0.15, -0.1) is 0 Å². The standard InChI is InChI=1S/C14H21N3O/c1-9(2)17-12-6-5-10(8-15)7-11(12)16-14(3,4)13(17)18/h5-7,9,16H,8,15H2,1-4H3. The summed E-state index contributed by atoms with van der Waals surface area (Å²) in [6.07, 6.45) is 0. The lowest BCUT2D eigenvalue weighted by Gasteiger charge is -2.42. The minimum atomic E-state index is -0.579. The topological polar surface area (TPSA) is 58.4 Å². The van der Waals surface area contributed by atoms with Crippen LogP contribution >= 0.6 is 0 Å². The first-order chi connectivity index (χ1) is 8.36. The van der Waals surface area contributed by atoms with Crippen molar-refractivity contribution in [2.24, 2.45) is 5.73 Å². The molecule has 2 rings (SSSR count). The smallest absolute Gasteiger partial charge is 0.252 e. The maximum atomic E-state index is 12.4. The molecule has 0 spiro atoms. The highest BCUT2D eigenvalue weighted by Gasteiger charge is 2.39. The van der Waals surface area contributed by atoms with Gasteiger partial charge in [-0.3, -0.25) is 4.79 Å². The van der Waals surface area contributed by atoms with E-state index in [0.717, 1.165) is 16.9 Å². The SMILES string of the molecule is CC(C)N1C(=O)C(C)(C)Nc2cc(CN)ccc21. The molecule has 0 saturated carbocycles. The molecule has 1 aliphatic rings. The van der Waals surface area contributed by atoms with E-state index >= 15 is 0 Å². The lowest BCUT2D eigenvalue weighted by molar-refractivity contribution is -0.122. The molecule has 0 atom stereocenters. The fourth-order valence-electron chi connectivity index (χ4n) is 2.33. The van der Waals surface area contributed by atoms with Gasteiger partial charge in [-0.05, 0) is 45.4 Å². The molecule has 0 aromatic heterocycles. The zero-order valence-electron chi connectivity index (χ0n) is 11.4. The van der Waals surface area contributed by atoms with Gasteiger partial charge in [0.1, 0.15) is 5.54 Å². The van der Waals surface area contributed by atoms with Crippen molar-refractivity contribution in [3.05, 3.63) is 23.8 Å². The fraction of sp³-hybridized carbons (Fsp3) is 0.500. The summed E-state index contributed by atoms with van der Waals surface area (Å²) in [5.41, 5.74) is 8.07. The summed E-state index contributed by atoms with van der Waals surface area (Å²) in [5, 5.41) is 3.30. The van der Waals surface area contributed by atoms with Gasteiger partial charge in [0.25, 0.3) is 5.91 Å². The summed E-state index contributed by atoms with van der Waals surface area (Å²) in [4.78, 5) is 14.3. The summed E-state index contributed by atoms with van der Waals surface area (Å²) in [6, 6.07) is 6.11. The number of nitrogens with zero attached hydrogens (tertiary/aromatic N) is 1. The molecule has 1 aromatic rings. The third kappa shape index (κ3) is 1.97. The van der Waals surface area contributed by atoms with Crippen LogP contribution in [0.15, 0.2) is 18.2 Å². The van der Waals surface area contributed by atoms with Gasteiger partial charge < -0.3 is 16.0 Å². The van der Waals surface area contributed by atoms with Crippen molar-refractivity contribution in [2.75, 3.05) is 10.2 Å². The Morgan fingerprint density at radius 2 is 2.06 bits per heavy atom. The Morgan fingerprint density at radius 1 is 1.39 bits per heavy atom. The van der Waals surface area contributed by atoms with Gasteiger partial charge in [0.15, 0.2) is 0 Å². The first-order valence-corrected chi connectivity index (χ1v) is 6.31. The lowest BCUT2D eigenvalue weighted by Crippen LogP contribution is -2.56. The van der Waals surface area contributed by atoms with Gasteiger partial charge in [-0.1, -0.05) is 6.07 Å². The van der Waals surface area contributed by atoms with Crippen LogP contribution < -0.4 is 16.0 Å². The second-order valence-corrected chi connectivity index (χ2v) is 5.57. The Bertz CT molecular complexity index is 480. The monoisotopic (exact) mass is 247 g/mol. The highest BCUT2D eigenvalue weighted by Crippen LogP contribution is 2.37. The van der Waals surface area contributed by atoms with Crippen LogP contribution in [0.25, 0.3) is 0 Å². The summed E-state index contributed by atoms with van der Waals surface area (Å²) in [7, 11) is 0. The van der Waals surface area contributed by atoms with Crippen molar-refractivity contribution in [3.8, 4) is 0 Å². The second-order valence-electron chi connectivity index (χ2n) is 5.57. The second kappa shape index (κ2) is 4.28. The van der Waals surface area contributed by atoms with E-state index in [9.17, 15) is 4.79 Å². The number of anilines is 2. The Balaban J connectivity index is 2.55. The van der Waals surface area contributed by atoms with Crippen molar-refractivity contribution in [3.63, 3.8) is 0 Å². The van der Waals surface area contributed by atoms with E-state index in [1.165, 1.54) is 0 Å². The number of hydrogen-bond acceptors (Lipinski definition) is 3. The third-order valence-electron chi connectivity index (χ3n) is 3.27. The van der Waals surface area contributed by atoms with Crippen molar-refractivity contribution in [1.82, 2.24) is 0 Å². The summed E-state index contributed by atoms with van der Waals surface area (Å²) in [6.45, 7) is 8.37. The Morgan fingerprint density at radius 3 is 2.61 bits per heavy atom. The van der Waals surface area contributed by atoms with Gasteiger partial charge in [-0.25, -0.2) is 0 Å². The minimum absolute atomic E-state index is 0.102. The molecule has 4 heteroatoms. The van der Waals surface area contributed by atoms with E-state index in [1.54, 1.807) is 0 Å². The van der Waals surface area contributed by atoms with Crippen molar-refractivity contribution in [1.29, 1.82) is 0 Å². The molecule has 0 unspecified atom stereocenters. The largest absolute Gasteiger partial charge is 0.370 e. The van der Waals surface area contributed by atoms with Crippen LogP contribution in [-0.2, 0) is 11.3 Å². The first kappa shape index (κ1) is 12.9. The number of nitrogens with two attached hydrogens (primary N) is 1. The number of amides is 1. The van der Waals surface area contributed by atoms with Crippen LogP contribution in [-0.4, -0.2) is 17.5 Å². The Hall–Kier alpha value is -1.55. The predicted octanol–water partition coefficient (Wildman–Crippen LogP) is 2.09. The average Bonchev–Trinajstić information content (AvgIpc) is 2.29. The molecular formula is C14H21N3O. The van der Waals surface area contributed by atoms with Crippen LogP contribution in [0.1, 0.15) is 33.3 Å². The predicted molar refractivity (Wildman–Crippen MR) is 74.7 cm³/mol. The van der Waals surface area contributed by atoms with Crippen LogP contribution in [0.5, 0.6) is 0 Å². The lowest BCUT2D eigenvalue weighted by atomic mass is 9.96. The fourth-order valence-corrected chi connectivity index (χ4v) is 2.33. The van der Waals surface area contributed by atoms with Gasteiger partial charge in [0.2, 0.25) is 0 Å². The molecule has 0 radical (unpaired) electrons. The molecule has 0 fully saturated rings. The van der Waals surface area contributed by atoms with E-state index in [2.05, 4.69) is 5.32 Å². The van der Waals surface area contributed by atoms with E-state index in [0.29, 0.717) is 6.54 Å². The van der Waals surface area contributed by atoms with E-state index < -0.39 is 5.54 Å². The highest BCUT2D eigenvalue weighted by molar-refractivity contribution is 6.07. The number of carbonyl (C=O) groups excluding carboxylic acids is 1. The number of fused-ring (bicyclic) bond motifs is 1. The molecule has 4 nitrogen and oxygen atoms in total. The van der Waals surface area contributed by atoms with Crippen molar-refractivity contribution < 1.29 is 4.79 Å². The number of rotatable bonds is 2. The van der Waals surface area contributed by atoms with Crippen molar-refractivity contribution in [2.45, 2.75) is 45.8 Å². The molecule has 1 aliphatic heterocycles. The molecule has 1 amide bonds. The zero-order valence-corrected chi connectivity index (χ0v) is 11.4. The number of nitrogens with one attached hydrogen (secondary N) is 1. The zero-order chi connectivity index (χ0) is 13.5. The minimum Gasteiger partial charge on any atom is -0.370 e. The third-order valence-corrected chi connectivity index (χ3v) is 3.27. The van der Waals surface area contributed by atoms with Crippen LogP contribution in [0.3, 0.4) is 0 Å². The van der Waals surface area contributed by atoms with Gasteiger partial charge >= 0.3 is 0 Å². The van der Waals surface area contributed by atoms with Gasteiger partial charge in [0.05, 0.1) is 11.4 Å². The van der Waals surface area contributed by atoms with Crippen molar-refractivity contribution >= 4 is 17.3 Å². The number of carbonyl (C=O) groups is 1. The highest BCUT2D eigenvalue weighted by atomic mass is 16.2. The Kier molecular flexibility index (Phi) is 3.07. The van der Waals surface area contributed by atoms with Crippen LogP contribution in [0.2, 0.25) is 0 Å². The Labute approximate surface area is 108 Å². The quantitative estimate of drug-likeness (QED) is 0.841. The molecule has 0 aliphatic carbocycles.